The summed E-state index contributed by atoms with van der Waals surface area (Å²) >= 11 is 0. The summed E-state index contributed by atoms with van der Waals surface area (Å²) in [6.45, 7) is 0. The average Bonchev–Trinajstić information content (AvgIpc) is 2.29. The van der Waals surface area contributed by atoms with E-state index in [2.05, 4.69) is 10.3 Å². The fourth-order valence-electron chi connectivity index (χ4n) is 1.40. The molecule has 4 nitrogen and oxygen atoms in total. The van der Waals surface area contributed by atoms with E-state index in [1.807, 2.05) is 0 Å². The number of nitrogens with one attached hydrogen (secondary N) is 1. The first-order valence-electron chi connectivity index (χ1n) is 4.89. The van der Waals surface area contributed by atoms with Gasteiger partial charge in [-0.05, 0) is 24.3 Å². The molecule has 0 radical (unpaired) electrons. The molecule has 84 valence electrons. The fourth-order valence-corrected chi connectivity index (χ4v) is 1.40. The van der Waals surface area contributed by atoms with Crippen LogP contribution in [-0.4, -0.2) is 4.98 Å². The van der Waals surface area contributed by atoms with Gasteiger partial charge in [-0.25, -0.2) is 9.37 Å². The van der Waals surface area contributed by atoms with Gasteiger partial charge in [0.1, 0.15) is 29.1 Å². The van der Waals surface area contributed by atoms with Crippen LogP contribution in [-0.2, 0) is 0 Å². The molecule has 5 heteroatoms. The number of anilines is 3. The van der Waals surface area contributed by atoms with E-state index < -0.39 is 5.82 Å². The molecule has 0 saturated heterocycles. The first-order chi connectivity index (χ1) is 8.20. The Morgan fingerprint density at radius 2 is 2.00 bits per heavy atom. The SMILES string of the molecule is N#Cc1c(F)cccc1Nc1cccc(N)n1. The Kier molecular flexibility index (Phi) is 2.88. The summed E-state index contributed by atoms with van der Waals surface area (Å²) < 4.78 is 13.3. The van der Waals surface area contributed by atoms with Gasteiger partial charge in [0.2, 0.25) is 0 Å². The van der Waals surface area contributed by atoms with Crippen molar-refractivity contribution in [2.24, 2.45) is 0 Å². The van der Waals surface area contributed by atoms with E-state index >= 15 is 0 Å². The molecule has 0 bridgehead atoms. The minimum atomic E-state index is -0.568. The second-order valence-corrected chi connectivity index (χ2v) is 3.35. The highest BCUT2D eigenvalue weighted by molar-refractivity contribution is 5.65. The molecule has 17 heavy (non-hydrogen) atoms. The number of nitrogens with zero attached hydrogens (tertiary/aromatic N) is 2. The number of rotatable bonds is 2. The van der Waals surface area contributed by atoms with E-state index in [1.54, 1.807) is 30.3 Å². The zero-order valence-corrected chi connectivity index (χ0v) is 8.81. The predicted molar refractivity (Wildman–Crippen MR) is 63.0 cm³/mol. The predicted octanol–water partition coefficient (Wildman–Crippen LogP) is 2.42. The Balaban J connectivity index is 2.37. The number of hydrogen-bond donors (Lipinski definition) is 2. The first-order valence-corrected chi connectivity index (χ1v) is 4.89. The molecule has 3 N–H and O–H groups in total. The lowest BCUT2D eigenvalue weighted by Gasteiger charge is -2.07. The lowest BCUT2D eigenvalue weighted by Crippen LogP contribution is -1.99. The van der Waals surface area contributed by atoms with Gasteiger partial charge in [0, 0.05) is 0 Å². The largest absolute Gasteiger partial charge is 0.384 e. The van der Waals surface area contributed by atoms with E-state index in [-0.39, 0.29) is 5.56 Å². The normalized spacial score (nSPS) is 9.65. The van der Waals surface area contributed by atoms with Gasteiger partial charge in [-0.3, -0.25) is 0 Å². The Bertz CT molecular complexity index is 589. The summed E-state index contributed by atoms with van der Waals surface area (Å²) in [5.74, 6) is 0.249. The lowest BCUT2D eigenvalue weighted by molar-refractivity contribution is 0.624. The van der Waals surface area contributed by atoms with Crippen LogP contribution in [0.1, 0.15) is 5.56 Å². The number of nitrogen functional groups attached to an aromatic ring is 1. The minimum Gasteiger partial charge on any atom is -0.384 e. The van der Waals surface area contributed by atoms with E-state index in [4.69, 9.17) is 11.0 Å². The topological polar surface area (TPSA) is 74.7 Å². The van der Waals surface area contributed by atoms with Gasteiger partial charge >= 0.3 is 0 Å². The molecule has 0 spiro atoms. The average molecular weight is 228 g/mol. The molecule has 1 aromatic heterocycles. The third-order valence-electron chi connectivity index (χ3n) is 2.16. The summed E-state index contributed by atoms with van der Waals surface area (Å²) in [6.07, 6.45) is 0. The van der Waals surface area contributed by atoms with Crippen LogP contribution in [0.3, 0.4) is 0 Å². The van der Waals surface area contributed by atoms with Crippen molar-refractivity contribution in [3.63, 3.8) is 0 Å². The van der Waals surface area contributed by atoms with E-state index in [9.17, 15) is 4.39 Å². The Morgan fingerprint density at radius 1 is 1.24 bits per heavy atom. The standard InChI is InChI=1S/C12H9FN4/c13-9-3-1-4-10(8(9)7-14)16-12-6-2-5-11(15)17-12/h1-6H,(H3,15,16,17). The number of nitrogens with two attached hydrogens (primary N) is 1. The van der Waals surface area contributed by atoms with Crippen LogP contribution in [0.15, 0.2) is 36.4 Å². The van der Waals surface area contributed by atoms with Gasteiger partial charge < -0.3 is 11.1 Å². The highest BCUT2D eigenvalue weighted by Crippen LogP contribution is 2.21. The molecule has 0 amide bonds. The second-order valence-electron chi connectivity index (χ2n) is 3.35. The molecule has 0 unspecified atom stereocenters. The highest BCUT2D eigenvalue weighted by Gasteiger charge is 2.07. The second kappa shape index (κ2) is 4.49. The van der Waals surface area contributed by atoms with Crippen molar-refractivity contribution >= 4 is 17.3 Å². The maximum Gasteiger partial charge on any atom is 0.143 e. The molecule has 0 saturated carbocycles. The smallest absolute Gasteiger partial charge is 0.143 e. The molecular weight excluding hydrogens is 219 g/mol. The fraction of sp³-hybridized carbons (Fsp3) is 0. The number of hydrogen-bond acceptors (Lipinski definition) is 4. The van der Waals surface area contributed by atoms with E-state index in [0.717, 1.165) is 0 Å². The maximum atomic E-state index is 13.3. The number of aromatic nitrogens is 1. The van der Waals surface area contributed by atoms with Crippen LogP contribution in [0.5, 0.6) is 0 Å². The third kappa shape index (κ3) is 2.32. The molecule has 1 aromatic carbocycles. The summed E-state index contributed by atoms with van der Waals surface area (Å²) in [5.41, 5.74) is 5.84. The molecule has 0 aliphatic rings. The minimum absolute atomic E-state index is 0.0447. The summed E-state index contributed by atoms with van der Waals surface area (Å²) in [7, 11) is 0. The van der Waals surface area contributed by atoms with Crippen LogP contribution in [0.25, 0.3) is 0 Å². The zero-order valence-electron chi connectivity index (χ0n) is 8.81. The van der Waals surface area contributed by atoms with Crippen LogP contribution in [0.4, 0.5) is 21.7 Å². The van der Waals surface area contributed by atoms with Crippen molar-refractivity contribution in [2.45, 2.75) is 0 Å². The number of halogens is 1. The Morgan fingerprint density at radius 3 is 2.71 bits per heavy atom. The molecule has 2 aromatic rings. The highest BCUT2D eigenvalue weighted by atomic mass is 19.1. The van der Waals surface area contributed by atoms with Crippen LogP contribution >= 0.6 is 0 Å². The number of benzene rings is 1. The summed E-state index contributed by atoms with van der Waals surface area (Å²) in [6, 6.07) is 11.2. The van der Waals surface area contributed by atoms with Crippen molar-refractivity contribution in [1.29, 1.82) is 5.26 Å². The van der Waals surface area contributed by atoms with Gasteiger partial charge in [-0.15, -0.1) is 0 Å². The van der Waals surface area contributed by atoms with E-state index in [0.29, 0.717) is 17.3 Å². The molecule has 0 aliphatic heterocycles. The number of nitriles is 1. The molecular formula is C12H9FN4. The molecule has 1 heterocycles. The van der Waals surface area contributed by atoms with Gasteiger partial charge in [0.15, 0.2) is 0 Å². The molecule has 0 fully saturated rings. The van der Waals surface area contributed by atoms with Crippen molar-refractivity contribution in [3.05, 3.63) is 47.8 Å². The van der Waals surface area contributed by atoms with Crippen LogP contribution in [0.2, 0.25) is 0 Å². The zero-order chi connectivity index (χ0) is 12.3. The quantitative estimate of drug-likeness (QED) is 0.827. The van der Waals surface area contributed by atoms with Crippen molar-refractivity contribution in [1.82, 2.24) is 4.98 Å². The van der Waals surface area contributed by atoms with Gasteiger partial charge in [-0.2, -0.15) is 5.26 Å². The Labute approximate surface area is 97.5 Å². The first kappa shape index (κ1) is 10.9. The summed E-state index contributed by atoms with van der Waals surface area (Å²) in [5, 5.41) is 11.7. The van der Waals surface area contributed by atoms with Crippen molar-refractivity contribution in [2.75, 3.05) is 11.1 Å². The molecule has 0 atom stereocenters. The van der Waals surface area contributed by atoms with Crippen molar-refractivity contribution in [3.8, 4) is 6.07 Å². The van der Waals surface area contributed by atoms with Crippen LogP contribution < -0.4 is 11.1 Å². The van der Waals surface area contributed by atoms with Gasteiger partial charge in [-0.1, -0.05) is 12.1 Å². The van der Waals surface area contributed by atoms with Crippen molar-refractivity contribution < 1.29 is 4.39 Å². The molecule has 2 rings (SSSR count). The maximum absolute atomic E-state index is 13.3. The van der Waals surface area contributed by atoms with Crippen LogP contribution in [0, 0.1) is 17.1 Å². The third-order valence-corrected chi connectivity index (χ3v) is 2.16. The monoisotopic (exact) mass is 228 g/mol. The van der Waals surface area contributed by atoms with E-state index in [1.165, 1.54) is 12.1 Å². The number of pyridine rings is 1. The molecule has 0 aliphatic carbocycles. The summed E-state index contributed by atoms with van der Waals surface area (Å²) in [4.78, 5) is 4.01. The Hall–Kier alpha value is -2.61. The van der Waals surface area contributed by atoms with Gasteiger partial charge in [0.05, 0.1) is 5.69 Å². The van der Waals surface area contributed by atoms with Gasteiger partial charge in [0.25, 0.3) is 0 Å². The lowest BCUT2D eigenvalue weighted by atomic mass is 10.2.